The summed E-state index contributed by atoms with van der Waals surface area (Å²) >= 11 is 0. The Labute approximate surface area is 128 Å². The molecule has 0 bridgehead atoms. The van der Waals surface area contributed by atoms with Crippen LogP contribution in [0.4, 0.5) is 4.39 Å². The summed E-state index contributed by atoms with van der Waals surface area (Å²) in [5.74, 6) is -1.05. The summed E-state index contributed by atoms with van der Waals surface area (Å²) < 4.78 is 13.6. The van der Waals surface area contributed by atoms with Gasteiger partial charge in [-0.15, -0.1) is 0 Å². The van der Waals surface area contributed by atoms with Gasteiger partial charge in [-0.2, -0.15) is 0 Å². The van der Waals surface area contributed by atoms with Crippen LogP contribution < -0.4 is 5.32 Å². The zero-order valence-corrected chi connectivity index (χ0v) is 12.2. The Kier molecular flexibility index (Phi) is 3.94. The van der Waals surface area contributed by atoms with E-state index in [9.17, 15) is 14.3 Å². The zero-order chi connectivity index (χ0) is 15.6. The number of amides is 1. The summed E-state index contributed by atoms with van der Waals surface area (Å²) in [6.45, 7) is 0.120. The standard InChI is InChI=1S/C18H18FNO2/c19-16-8-4-3-7-15(16)17(21)20-12-18(22)10-9-13-5-1-2-6-14(13)11-18/h1-8,22H,9-12H2,(H,20,21)/t18-/m0/s1. The van der Waals surface area contributed by atoms with Gasteiger partial charge in [0.1, 0.15) is 5.82 Å². The molecule has 0 aliphatic heterocycles. The van der Waals surface area contributed by atoms with Crippen molar-refractivity contribution in [2.45, 2.75) is 24.9 Å². The molecule has 0 heterocycles. The van der Waals surface area contributed by atoms with E-state index in [4.69, 9.17) is 0 Å². The lowest BCUT2D eigenvalue weighted by atomic mass is 9.80. The van der Waals surface area contributed by atoms with Gasteiger partial charge in [-0.3, -0.25) is 4.79 Å². The highest BCUT2D eigenvalue weighted by atomic mass is 19.1. The van der Waals surface area contributed by atoms with Crippen LogP contribution in [0.2, 0.25) is 0 Å². The van der Waals surface area contributed by atoms with Crippen LogP contribution in [0, 0.1) is 5.82 Å². The normalized spacial score (nSPS) is 20.3. The largest absolute Gasteiger partial charge is 0.388 e. The number of hydrogen-bond acceptors (Lipinski definition) is 2. The maximum Gasteiger partial charge on any atom is 0.254 e. The number of hydrogen-bond donors (Lipinski definition) is 2. The van der Waals surface area contributed by atoms with Crippen LogP contribution in [-0.4, -0.2) is 23.2 Å². The van der Waals surface area contributed by atoms with Crippen molar-refractivity contribution in [3.05, 3.63) is 71.0 Å². The number of fused-ring (bicyclic) bond motifs is 1. The molecule has 22 heavy (non-hydrogen) atoms. The minimum atomic E-state index is -0.977. The van der Waals surface area contributed by atoms with E-state index in [1.165, 1.54) is 23.8 Å². The van der Waals surface area contributed by atoms with Gasteiger partial charge < -0.3 is 10.4 Å². The fourth-order valence-corrected chi connectivity index (χ4v) is 2.92. The molecule has 0 fully saturated rings. The molecule has 2 N–H and O–H groups in total. The van der Waals surface area contributed by atoms with Crippen molar-refractivity contribution in [2.75, 3.05) is 6.54 Å². The fraction of sp³-hybridized carbons (Fsp3) is 0.278. The molecule has 0 saturated heterocycles. The third kappa shape index (κ3) is 3.02. The van der Waals surface area contributed by atoms with Gasteiger partial charge in [0.25, 0.3) is 5.91 Å². The predicted octanol–water partition coefficient (Wildman–Crippen LogP) is 2.48. The van der Waals surface area contributed by atoms with Crippen molar-refractivity contribution in [3.63, 3.8) is 0 Å². The molecule has 0 aromatic heterocycles. The Morgan fingerprint density at radius 1 is 1.14 bits per heavy atom. The van der Waals surface area contributed by atoms with E-state index in [0.29, 0.717) is 12.8 Å². The van der Waals surface area contributed by atoms with Crippen molar-refractivity contribution >= 4 is 5.91 Å². The highest BCUT2D eigenvalue weighted by molar-refractivity contribution is 5.94. The number of benzene rings is 2. The van der Waals surface area contributed by atoms with Crippen LogP contribution in [0.15, 0.2) is 48.5 Å². The van der Waals surface area contributed by atoms with Crippen molar-refractivity contribution < 1.29 is 14.3 Å². The van der Waals surface area contributed by atoms with Gasteiger partial charge in [-0.1, -0.05) is 36.4 Å². The third-order valence-electron chi connectivity index (χ3n) is 4.19. The van der Waals surface area contributed by atoms with E-state index >= 15 is 0 Å². The molecule has 0 spiro atoms. The molecular formula is C18H18FNO2. The molecule has 1 amide bonds. The summed E-state index contributed by atoms with van der Waals surface area (Å²) in [6, 6.07) is 13.8. The minimum absolute atomic E-state index is 0.00214. The molecule has 0 saturated carbocycles. The first kappa shape index (κ1) is 14.7. The van der Waals surface area contributed by atoms with Gasteiger partial charge in [0.05, 0.1) is 11.2 Å². The molecule has 0 unspecified atom stereocenters. The number of aliphatic hydroxyl groups is 1. The van der Waals surface area contributed by atoms with E-state index in [-0.39, 0.29) is 12.1 Å². The molecule has 1 aliphatic carbocycles. The van der Waals surface area contributed by atoms with Crippen molar-refractivity contribution in [2.24, 2.45) is 0 Å². The zero-order valence-electron chi connectivity index (χ0n) is 12.2. The summed E-state index contributed by atoms with van der Waals surface area (Å²) in [6.07, 6.45) is 1.87. The lowest BCUT2D eigenvalue weighted by Crippen LogP contribution is -2.46. The van der Waals surface area contributed by atoms with Crippen molar-refractivity contribution in [3.8, 4) is 0 Å². The molecule has 1 atom stereocenters. The Hall–Kier alpha value is -2.20. The first-order valence-electron chi connectivity index (χ1n) is 7.39. The van der Waals surface area contributed by atoms with Crippen LogP contribution in [0.5, 0.6) is 0 Å². The Balaban J connectivity index is 1.67. The summed E-state index contributed by atoms with van der Waals surface area (Å²) in [5, 5.41) is 13.3. The van der Waals surface area contributed by atoms with Gasteiger partial charge in [0, 0.05) is 13.0 Å². The van der Waals surface area contributed by atoms with E-state index < -0.39 is 17.3 Å². The molecule has 114 valence electrons. The third-order valence-corrected chi connectivity index (χ3v) is 4.19. The van der Waals surface area contributed by atoms with Gasteiger partial charge in [-0.05, 0) is 36.1 Å². The molecule has 4 heteroatoms. The molecule has 2 aromatic carbocycles. The Morgan fingerprint density at radius 3 is 2.59 bits per heavy atom. The summed E-state index contributed by atoms with van der Waals surface area (Å²) in [5.41, 5.74) is 1.38. The van der Waals surface area contributed by atoms with E-state index in [0.717, 1.165) is 12.0 Å². The number of carbonyl (C=O) groups excluding carboxylic acids is 1. The number of aryl methyl sites for hydroxylation is 1. The van der Waals surface area contributed by atoms with E-state index in [1.807, 2.05) is 18.2 Å². The van der Waals surface area contributed by atoms with Crippen LogP contribution >= 0.6 is 0 Å². The Morgan fingerprint density at radius 2 is 1.82 bits per heavy atom. The molecule has 2 aromatic rings. The second-order valence-electron chi connectivity index (χ2n) is 5.83. The first-order valence-corrected chi connectivity index (χ1v) is 7.39. The lowest BCUT2D eigenvalue weighted by molar-refractivity contribution is 0.0259. The van der Waals surface area contributed by atoms with Crippen LogP contribution in [0.1, 0.15) is 27.9 Å². The minimum Gasteiger partial charge on any atom is -0.388 e. The van der Waals surface area contributed by atoms with Crippen molar-refractivity contribution in [1.29, 1.82) is 0 Å². The predicted molar refractivity (Wildman–Crippen MR) is 82.2 cm³/mol. The second kappa shape index (κ2) is 5.89. The quantitative estimate of drug-likeness (QED) is 0.915. The summed E-state index contributed by atoms with van der Waals surface area (Å²) in [4.78, 5) is 12.0. The average Bonchev–Trinajstić information content (AvgIpc) is 2.53. The maximum atomic E-state index is 13.6. The average molecular weight is 299 g/mol. The molecule has 1 aliphatic rings. The van der Waals surface area contributed by atoms with E-state index in [2.05, 4.69) is 11.4 Å². The Bertz CT molecular complexity index is 701. The maximum absolute atomic E-state index is 13.6. The SMILES string of the molecule is O=C(NC[C@]1(O)CCc2ccccc2C1)c1ccccc1F. The number of carbonyl (C=O) groups is 1. The van der Waals surface area contributed by atoms with Crippen LogP contribution in [0.25, 0.3) is 0 Å². The number of halogens is 1. The first-order chi connectivity index (χ1) is 10.6. The van der Waals surface area contributed by atoms with Crippen LogP contribution in [-0.2, 0) is 12.8 Å². The van der Waals surface area contributed by atoms with Gasteiger partial charge in [0.2, 0.25) is 0 Å². The van der Waals surface area contributed by atoms with Crippen molar-refractivity contribution in [1.82, 2.24) is 5.32 Å². The highest BCUT2D eigenvalue weighted by Crippen LogP contribution is 2.28. The topological polar surface area (TPSA) is 49.3 Å². The van der Waals surface area contributed by atoms with Gasteiger partial charge >= 0.3 is 0 Å². The lowest BCUT2D eigenvalue weighted by Gasteiger charge is -2.33. The molecule has 3 nitrogen and oxygen atoms in total. The number of rotatable bonds is 3. The summed E-state index contributed by atoms with van der Waals surface area (Å²) in [7, 11) is 0. The van der Waals surface area contributed by atoms with E-state index in [1.54, 1.807) is 6.07 Å². The molecule has 3 rings (SSSR count). The monoisotopic (exact) mass is 299 g/mol. The fourth-order valence-electron chi connectivity index (χ4n) is 2.92. The van der Waals surface area contributed by atoms with Crippen LogP contribution in [0.3, 0.4) is 0 Å². The highest BCUT2D eigenvalue weighted by Gasteiger charge is 2.32. The van der Waals surface area contributed by atoms with Gasteiger partial charge in [0.15, 0.2) is 0 Å². The van der Waals surface area contributed by atoms with Gasteiger partial charge in [-0.25, -0.2) is 4.39 Å². The second-order valence-corrected chi connectivity index (χ2v) is 5.83. The molecular weight excluding hydrogens is 281 g/mol. The number of nitrogens with one attached hydrogen (secondary N) is 1. The smallest absolute Gasteiger partial charge is 0.254 e. The molecule has 0 radical (unpaired) electrons.